The molecule has 0 aliphatic carbocycles. The molecule has 1 amide bonds. The number of hydrogen-bond donors (Lipinski definition) is 1. The third-order valence-corrected chi connectivity index (χ3v) is 5.66. The standard InChI is InChI=1S/C19H22N2O5S/c1-13-5-4-6-16(14(13)2)21(27(3,23)24)10-9-20-19(22)15-7-8-17-18(11-15)26-12-25-17/h4-8,11H,9-10,12H2,1-3H3,(H,20,22). The molecule has 27 heavy (non-hydrogen) atoms. The predicted octanol–water partition coefficient (Wildman–Crippen LogP) is 2.23. The highest BCUT2D eigenvalue weighted by Crippen LogP contribution is 2.32. The SMILES string of the molecule is Cc1cccc(N(CCNC(=O)c2ccc3c(c2)OCO3)S(C)(=O)=O)c1C. The fraction of sp³-hybridized carbons (Fsp3) is 0.316. The molecule has 1 aliphatic rings. The number of benzene rings is 2. The molecule has 2 aromatic rings. The lowest BCUT2D eigenvalue weighted by atomic mass is 10.1. The minimum absolute atomic E-state index is 0.138. The maximum Gasteiger partial charge on any atom is 0.251 e. The second-order valence-corrected chi connectivity index (χ2v) is 8.28. The molecule has 7 nitrogen and oxygen atoms in total. The molecule has 0 spiro atoms. The van der Waals surface area contributed by atoms with Crippen molar-refractivity contribution in [1.29, 1.82) is 0 Å². The van der Waals surface area contributed by atoms with Crippen molar-refractivity contribution in [2.24, 2.45) is 0 Å². The van der Waals surface area contributed by atoms with E-state index in [9.17, 15) is 13.2 Å². The number of sulfonamides is 1. The van der Waals surface area contributed by atoms with Gasteiger partial charge in [0.2, 0.25) is 16.8 Å². The molecule has 0 bridgehead atoms. The van der Waals surface area contributed by atoms with Crippen molar-refractivity contribution >= 4 is 21.6 Å². The van der Waals surface area contributed by atoms with Crippen LogP contribution in [0.3, 0.4) is 0 Å². The molecule has 1 aliphatic heterocycles. The van der Waals surface area contributed by atoms with Gasteiger partial charge < -0.3 is 14.8 Å². The van der Waals surface area contributed by atoms with Gasteiger partial charge in [-0.05, 0) is 49.2 Å². The van der Waals surface area contributed by atoms with Crippen LogP contribution in [-0.2, 0) is 10.0 Å². The molecule has 0 radical (unpaired) electrons. The number of aryl methyl sites for hydroxylation is 1. The fourth-order valence-electron chi connectivity index (χ4n) is 2.88. The zero-order valence-electron chi connectivity index (χ0n) is 15.5. The Morgan fingerprint density at radius 3 is 2.63 bits per heavy atom. The van der Waals surface area contributed by atoms with Gasteiger partial charge in [0.1, 0.15) is 0 Å². The lowest BCUT2D eigenvalue weighted by Crippen LogP contribution is -2.38. The average Bonchev–Trinajstić information content (AvgIpc) is 3.08. The minimum Gasteiger partial charge on any atom is -0.454 e. The third kappa shape index (κ3) is 4.16. The molecule has 0 saturated carbocycles. The second kappa shape index (κ2) is 7.48. The van der Waals surface area contributed by atoms with Crippen LogP contribution in [0.15, 0.2) is 36.4 Å². The molecule has 8 heteroatoms. The van der Waals surface area contributed by atoms with Crippen LogP contribution < -0.4 is 19.1 Å². The van der Waals surface area contributed by atoms with Crippen molar-refractivity contribution in [2.45, 2.75) is 13.8 Å². The molecular formula is C19H22N2O5S. The third-order valence-electron chi connectivity index (χ3n) is 4.48. The van der Waals surface area contributed by atoms with Crippen LogP contribution in [0.4, 0.5) is 5.69 Å². The van der Waals surface area contributed by atoms with Gasteiger partial charge in [-0.3, -0.25) is 9.10 Å². The van der Waals surface area contributed by atoms with Gasteiger partial charge in [0.25, 0.3) is 5.91 Å². The van der Waals surface area contributed by atoms with Gasteiger partial charge in [-0.15, -0.1) is 0 Å². The van der Waals surface area contributed by atoms with E-state index in [1.807, 2.05) is 26.0 Å². The summed E-state index contributed by atoms with van der Waals surface area (Å²) in [5.74, 6) is 0.822. The molecule has 0 unspecified atom stereocenters. The molecule has 2 aromatic carbocycles. The van der Waals surface area contributed by atoms with Gasteiger partial charge in [0.15, 0.2) is 11.5 Å². The van der Waals surface area contributed by atoms with Crippen LogP contribution in [0, 0.1) is 13.8 Å². The number of anilines is 1. The number of nitrogens with zero attached hydrogens (tertiary/aromatic N) is 1. The minimum atomic E-state index is -3.48. The largest absolute Gasteiger partial charge is 0.454 e. The van der Waals surface area contributed by atoms with Crippen molar-refractivity contribution in [3.63, 3.8) is 0 Å². The maximum atomic E-state index is 12.4. The number of ether oxygens (including phenoxy) is 2. The van der Waals surface area contributed by atoms with Crippen molar-refractivity contribution in [3.05, 3.63) is 53.1 Å². The van der Waals surface area contributed by atoms with E-state index in [2.05, 4.69) is 5.32 Å². The summed E-state index contributed by atoms with van der Waals surface area (Å²) in [7, 11) is -3.48. The Bertz CT molecular complexity index is 972. The normalized spacial score (nSPS) is 12.7. The lowest BCUT2D eigenvalue weighted by Gasteiger charge is -2.25. The molecule has 0 aromatic heterocycles. The van der Waals surface area contributed by atoms with Crippen LogP contribution >= 0.6 is 0 Å². The Morgan fingerprint density at radius 1 is 1.15 bits per heavy atom. The topological polar surface area (TPSA) is 84.9 Å². The van der Waals surface area contributed by atoms with Gasteiger partial charge in [-0.25, -0.2) is 8.42 Å². The van der Waals surface area contributed by atoms with E-state index in [1.165, 1.54) is 4.31 Å². The number of carbonyl (C=O) groups excluding carboxylic acids is 1. The van der Waals surface area contributed by atoms with E-state index in [4.69, 9.17) is 9.47 Å². The predicted molar refractivity (Wildman–Crippen MR) is 103 cm³/mol. The molecule has 0 atom stereocenters. The number of rotatable bonds is 6. The van der Waals surface area contributed by atoms with E-state index >= 15 is 0 Å². The summed E-state index contributed by atoms with van der Waals surface area (Å²) < 4.78 is 36.3. The molecule has 0 saturated heterocycles. The van der Waals surface area contributed by atoms with Gasteiger partial charge in [0, 0.05) is 12.1 Å². The van der Waals surface area contributed by atoms with Crippen molar-refractivity contribution < 1.29 is 22.7 Å². The molecule has 0 fully saturated rings. The Labute approximate surface area is 158 Å². The maximum absolute atomic E-state index is 12.4. The number of carbonyl (C=O) groups is 1. The smallest absolute Gasteiger partial charge is 0.251 e. The molecule has 1 heterocycles. The van der Waals surface area contributed by atoms with Gasteiger partial charge in [-0.1, -0.05) is 12.1 Å². The van der Waals surface area contributed by atoms with Crippen LogP contribution in [0.2, 0.25) is 0 Å². The first-order valence-electron chi connectivity index (χ1n) is 8.49. The first-order chi connectivity index (χ1) is 12.8. The zero-order chi connectivity index (χ0) is 19.6. The van der Waals surface area contributed by atoms with E-state index in [-0.39, 0.29) is 25.8 Å². The summed E-state index contributed by atoms with van der Waals surface area (Å²) in [5.41, 5.74) is 2.95. The van der Waals surface area contributed by atoms with Crippen molar-refractivity contribution in [1.82, 2.24) is 5.32 Å². The average molecular weight is 390 g/mol. The van der Waals surface area contributed by atoms with Crippen LogP contribution in [-0.4, -0.2) is 40.5 Å². The summed E-state index contributed by atoms with van der Waals surface area (Å²) in [6, 6.07) is 10.4. The lowest BCUT2D eigenvalue weighted by molar-refractivity contribution is 0.0954. The summed E-state index contributed by atoms with van der Waals surface area (Å²) in [5, 5.41) is 2.76. The van der Waals surface area contributed by atoms with Gasteiger partial charge in [-0.2, -0.15) is 0 Å². The molecule has 144 valence electrons. The summed E-state index contributed by atoms with van der Waals surface area (Å²) in [4.78, 5) is 12.4. The van der Waals surface area contributed by atoms with E-state index in [1.54, 1.807) is 24.3 Å². The highest BCUT2D eigenvalue weighted by Gasteiger charge is 2.20. The summed E-state index contributed by atoms with van der Waals surface area (Å²) in [6.45, 7) is 4.27. The Balaban J connectivity index is 1.69. The molecular weight excluding hydrogens is 368 g/mol. The highest BCUT2D eigenvalue weighted by molar-refractivity contribution is 7.92. The Kier molecular flexibility index (Phi) is 5.27. The zero-order valence-corrected chi connectivity index (χ0v) is 16.3. The van der Waals surface area contributed by atoms with Crippen LogP contribution in [0.1, 0.15) is 21.5 Å². The second-order valence-electron chi connectivity index (χ2n) is 6.38. The van der Waals surface area contributed by atoms with Gasteiger partial charge >= 0.3 is 0 Å². The van der Waals surface area contributed by atoms with E-state index in [0.29, 0.717) is 22.7 Å². The fourth-order valence-corrected chi connectivity index (χ4v) is 3.86. The van der Waals surface area contributed by atoms with E-state index < -0.39 is 10.0 Å². The molecule has 3 rings (SSSR count). The van der Waals surface area contributed by atoms with Crippen molar-refractivity contribution in [3.8, 4) is 11.5 Å². The van der Waals surface area contributed by atoms with Crippen LogP contribution in [0.5, 0.6) is 11.5 Å². The Morgan fingerprint density at radius 2 is 1.89 bits per heavy atom. The van der Waals surface area contributed by atoms with Gasteiger partial charge in [0.05, 0.1) is 18.5 Å². The quantitative estimate of drug-likeness (QED) is 0.818. The molecule has 1 N–H and O–H groups in total. The van der Waals surface area contributed by atoms with Crippen molar-refractivity contribution in [2.75, 3.05) is 30.4 Å². The van der Waals surface area contributed by atoms with Crippen LogP contribution in [0.25, 0.3) is 0 Å². The monoisotopic (exact) mass is 390 g/mol. The summed E-state index contributed by atoms with van der Waals surface area (Å²) in [6.07, 6.45) is 1.16. The summed E-state index contributed by atoms with van der Waals surface area (Å²) >= 11 is 0. The number of hydrogen-bond acceptors (Lipinski definition) is 5. The Hall–Kier alpha value is -2.74. The first-order valence-corrected chi connectivity index (χ1v) is 10.3. The highest BCUT2D eigenvalue weighted by atomic mass is 32.2. The first kappa shape index (κ1) is 19.0. The number of amides is 1. The van der Waals surface area contributed by atoms with E-state index in [0.717, 1.165) is 17.4 Å². The number of fused-ring (bicyclic) bond motifs is 1. The number of nitrogens with one attached hydrogen (secondary N) is 1.